The molecule has 3 nitrogen and oxygen atoms in total. The molecule has 0 aromatic heterocycles. The SMILES string of the molecule is CCC(CCN)CCC(=O)Nc1ccc(I)cc1Cl. The van der Waals surface area contributed by atoms with Crippen molar-refractivity contribution in [2.75, 3.05) is 11.9 Å². The quantitative estimate of drug-likeness (QED) is 0.686. The van der Waals surface area contributed by atoms with Crippen LogP contribution in [0, 0.1) is 9.49 Å². The average Bonchev–Trinajstić information content (AvgIpc) is 2.38. The van der Waals surface area contributed by atoms with Crippen molar-refractivity contribution in [1.82, 2.24) is 0 Å². The number of anilines is 1. The van der Waals surface area contributed by atoms with Gasteiger partial charge in [0, 0.05) is 9.99 Å². The maximum absolute atomic E-state index is 11.9. The molecular formula is C14H20ClIN2O. The molecule has 0 aliphatic rings. The molecule has 0 saturated heterocycles. The summed E-state index contributed by atoms with van der Waals surface area (Å²) in [6.07, 6.45) is 3.44. The predicted molar refractivity (Wildman–Crippen MR) is 89.5 cm³/mol. The summed E-state index contributed by atoms with van der Waals surface area (Å²) in [6.45, 7) is 2.82. The van der Waals surface area contributed by atoms with E-state index >= 15 is 0 Å². The van der Waals surface area contributed by atoms with Gasteiger partial charge in [0.15, 0.2) is 0 Å². The predicted octanol–water partition coefficient (Wildman–Crippen LogP) is 4.04. The van der Waals surface area contributed by atoms with E-state index in [1.54, 1.807) is 0 Å². The molecule has 0 saturated carbocycles. The van der Waals surface area contributed by atoms with Gasteiger partial charge in [-0.05, 0) is 66.1 Å². The molecule has 1 atom stereocenters. The third-order valence-electron chi connectivity index (χ3n) is 3.14. The van der Waals surface area contributed by atoms with Gasteiger partial charge >= 0.3 is 0 Å². The van der Waals surface area contributed by atoms with Gasteiger partial charge in [0.25, 0.3) is 0 Å². The van der Waals surface area contributed by atoms with E-state index in [4.69, 9.17) is 17.3 Å². The summed E-state index contributed by atoms with van der Waals surface area (Å²) in [5.41, 5.74) is 6.23. The Balaban J connectivity index is 2.46. The first-order chi connectivity index (χ1) is 9.06. The lowest BCUT2D eigenvalue weighted by molar-refractivity contribution is -0.116. The van der Waals surface area contributed by atoms with Gasteiger partial charge < -0.3 is 11.1 Å². The monoisotopic (exact) mass is 394 g/mol. The number of carbonyl (C=O) groups excluding carboxylic acids is 1. The molecule has 0 bridgehead atoms. The number of hydrogen-bond acceptors (Lipinski definition) is 2. The molecule has 1 unspecified atom stereocenters. The minimum atomic E-state index is 0.0126. The van der Waals surface area contributed by atoms with Crippen LogP contribution in [-0.2, 0) is 4.79 Å². The van der Waals surface area contributed by atoms with Gasteiger partial charge in [-0.15, -0.1) is 0 Å². The number of nitrogens with one attached hydrogen (secondary N) is 1. The fourth-order valence-electron chi connectivity index (χ4n) is 1.93. The summed E-state index contributed by atoms with van der Waals surface area (Å²) in [5.74, 6) is 0.543. The highest BCUT2D eigenvalue weighted by Crippen LogP contribution is 2.24. The molecule has 0 heterocycles. The summed E-state index contributed by atoms with van der Waals surface area (Å²) < 4.78 is 1.05. The Morgan fingerprint density at radius 3 is 2.79 bits per heavy atom. The number of benzene rings is 1. The second-order valence-electron chi connectivity index (χ2n) is 4.56. The highest BCUT2D eigenvalue weighted by atomic mass is 127. The van der Waals surface area contributed by atoms with Gasteiger partial charge in [0.1, 0.15) is 0 Å². The van der Waals surface area contributed by atoms with Crippen molar-refractivity contribution in [2.24, 2.45) is 11.7 Å². The second kappa shape index (κ2) is 8.76. The van der Waals surface area contributed by atoms with Crippen LogP contribution in [0.3, 0.4) is 0 Å². The third-order valence-corrected chi connectivity index (χ3v) is 4.12. The summed E-state index contributed by atoms with van der Waals surface area (Å²) in [4.78, 5) is 11.9. The molecule has 0 fully saturated rings. The van der Waals surface area contributed by atoms with E-state index in [0.717, 1.165) is 22.8 Å². The highest BCUT2D eigenvalue weighted by molar-refractivity contribution is 14.1. The molecule has 5 heteroatoms. The van der Waals surface area contributed by atoms with Crippen molar-refractivity contribution in [3.05, 3.63) is 26.8 Å². The molecule has 1 amide bonds. The number of nitrogens with two attached hydrogens (primary N) is 1. The number of halogens is 2. The Hall–Kier alpha value is -0.330. The maximum Gasteiger partial charge on any atom is 0.224 e. The zero-order chi connectivity index (χ0) is 14.3. The lowest BCUT2D eigenvalue weighted by atomic mass is 9.96. The van der Waals surface area contributed by atoms with Crippen molar-refractivity contribution < 1.29 is 4.79 Å². The fraction of sp³-hybridized carbons (Fsp3) is 0.500. The first kappa shape index (κ1) is 16.7. The molecule has 0 aliphatic carbocycles. The number of rotatable bonds is 7. The van der Waals surface area contributed by atoms with Crippen LogP contribution in [0.15, 0.2) is 18.2 Å². The normalized spacial score (nSPS) is 12.2. The Morgan fingerprint density at radius 2 is 2.21 bits per heavy atom. The van der Waals surface area contributed by atoms with Crippen LogP contribution in [0.25, 0.3) is 0 Å². The minimum absolute atomic E-state index is 0.0126. The molecule has 19 heavy (non-hydrogen) atoms. The van der Waals surface area contributed by atoms with Crippen LogP contribution in [0.4, 0.5) is 5.69 Å². The molecule has 1 aromatic rings. The Kier molecular flexibility index (Phi) is 7.71. The molecule has 0 spiro atoms. The van der Waals surface area contributed by atoms with Gasteiger partial charge in [-0.2, -0.15) is 0 Å². The van der Waals surface area contributed by atoms with E-state index in [-0.39, 0.29) is 5.91 Å². The number of amides is 1. The number of carbonyl (C=O) groups is 1. The van der Waals surface area contributed by atoms with Gasteiger partial charge in [-0.3, -0.25) is 4.79 Å². The summed E-state index contributed by atoms with van der Waals surface area (Å²) in [5, 5.41) is 3.43. The summed E-state index contributed by atoms with van der Waals surface area (Å²) >= 11 is 8.26. The highest BCUT2D eigenvalue weighted by Gasteiger charge is 2.10. The van der Waals surface area contributed by atoms with E-state index in [0.29, 0.717) is 29.6 Å². The van der Waals surface area contributed by atoms with E-state index in [1.165, 1.54) is 0 Å². The van der Waals surface area contributed by atoms with Crippen LogP contribution >= 0.6 is 34.2 Å². The average molecular weight is 395 g/mol. The van der Waals surface area contributed by atoms with Crippen LogP contribution in [0.2, 0.25) is 5.02 Å². The largest absolute Gasteiger partial charge is 0.330 e. The number of hydrogen-bond donors (Lipinski definition) is 2. The lowest BCUT2D eigenvalue weighted by Gasteiger charge is -2.13. The molecule has 1 aromatic carbocycles. The maximum atomic E-state index is 11.9. The van der Waals surface area contributed by atoms with Gasteiger partial charge in [-0.1, -0.05) is 24.9 Å². The second-order valence-corrected chi connectivity index (χ2v) is 6.22. The molecule has 106 valence electrons. The first-order valence-corrected chi connectivity index (χ1v) is 7.97. The zero-order valence-electron chi connectivity index (χ0n) is 11.1. The molecule has 0 aliphatic heterocycles. The smallest absolute Gasteiger partial charge is 0.224 e. The van der Waals surface area contributed by atoms with Crippen molar-refractivity contribution >= 4 is 45.8 Å². The topological polar surface area (TPSA) is 55.1 Å². The Morgan fingerprint density at radius 1 is 1.47 bits per heavy atom. The molecule has 3 N–H and O–H groups in total. The van der Waals surface area contributed by atoms with Crippen molar-refractivity contribution in [1.29, 1.82) is 0 Å². The molecule has 1 rings (SSSR count). The Bertz CT molecular complexity index is 426. The van der Waals surface area contributed by atoms with E-state index < -0.39 is 0 Å². The van der Waals surface area contributed by atoms with Crippen molar-refractivity contribution in [3.63, 3.8) is 0 Å². The van der Waals surface area contributed by atoms with Crippen molar-refractivity contribution in [3.8, 4) is 0 Å². The van der Waals surface area contributed by atoms with Crippen LogP contribution < -0.4 is 11.1 Å². The van der Waals surface area contributed by atoms with Crippen LogP contribution in [0.5, 0.6) is 0 Å². The van der Waals surface area contributed by atoms with E-state index in [2.05, 4.69) is 34.8 Å². The first-order valence-electron chi connectivity index (χ1n) is 6.51. The zero-order valence-corrected chi connectivity index (χ0v) is 14.0. The lowest BCUT2D eigenvalue weighted by Crippen LogP contribution is -2.15. The standard InChI is InChI=1S/C14H20ClIN2O/c1-2-10(7-8-17)3-6-14(19)18-13-5-4-11(16)9-12(13)15/h4-5,9-10H,2-3,6-8,17H2,1H3,(H,18,19). The van der Waals surface area contributed by atoms with Crippen molar-refractivity contribution in [2.45, 2.75) is 32.6 Å². The molecule has 0 radical (unpaired) electrons. The van der Waals surface area contributed by atoms with Crippen LogP contribution in [0.1, 0.15) is 32.6 Å². The van der Waals surface area contributed by atoms with Gasteiger partial charge in [0.05, 0.1) is 10.7 Å². The van der Waals surface area contributed by atoms with E-state index in [9.17, 15) is 4.79 Å². The van der Waals surface area contributed by atoms with Crippen LogP contribution in [-0.4, -0.2) is 12.5 Å². The minimum Gasteiger partial charge on any atom is -0.330 e. The van der Waals surface area contributed by atoms with Gasteiger partial charge in [0.2, 0.25) is 5.91 Å². The fourth-order valence-corrected chi connectivity index (χ4v) is 2.83. The van der Waals surface area contributed by atoms with E-state index in [1.807, 2.05) is 18.2 Å². The van der Waals surface area contributed by atoms with Gasteiger partial charge in [-0.25, -0.2) is 0 Å². The Labute approximate surface area is 133 Å². The summed E-state index contributed by atoms with van der Waals surface area (Å²) in [7, 11) is 0. The molecular weight excluding hydrogens is 375 g/mol. The summed E-state index contributed by atoms with van der Waals surface area (Å²) in [6, 6.07) is 5.59. The third kappa shape index (κ3) is 6.10.